The van der Waals surface area contributed by atoms with Crippen LogP contribution in [0.3, 0.4) is 0 Å². The Morgan fingerprint density at radius 3 is 2.59 bits per heavy atom. The fourth-order valence-corrected chi connectivity index (χ4v) is 3.67. The van der Waals surface area contributed by atoms with Crippen LogP contribution in [0.1, 0.15) is 25.8 Å². The molecule has 1 aliphatic heterocycles. The number of amides is 2. The fourth-order valence-electron chi connectivity index (χ4n) is 2.31. The second kappa shape index (κ2) is 9.27. The molecule has 0 saturated carbocycles. The van der Waals surface area contributed by atoms with Crippen LogP contribution in [0.15, 0.2) is 21.5 Å². The number of hydrogen-bond donors (Lipinski definition) is 0. The molecule has 1 aromatic rings. The molecule has 7 nitrogen and oxygen atoms in total. The van der Waals surface area contributed by atoms with Crippen LogP contribution in [-0.4, -0.2) is 48.9 Å². The zero-order chi connectivity index (χ0) is 20.1. The van der Waals surface area contributed by atoms with E-state index in [-0.39, 0.29) is 23.8 Å². The van der Waals surface area contributed by atoms with Crippen LogP contribution in [0, 0.1) is 0 Å². The number of esters is 1. The van der Waals surface area contributed by atoms with Gasteiger partial charge in [-0.25, -0.2) is 4.79 Å². The minimum atomic E-state index is -0.518. The molecule has 27 heavy (non-hydrogen) atoms. The number of imide groups is 1. The predicted molar refractivity (Wildman–Crippen MR) is 106 cm³/mol. The number of hydrogen-bond acceptors (Lipinski definition) is 7. The molecule has 0 aromatic heterocycles. The van der Waals surface area contributed by atoms with E-state index < -0.39 is 5.97 Å². The van der Waals surface area contributed by atoms with Crippen molar-refractivity contribution in [1.82, 2.24) is 4.90 Å². The number of carbonyl (C=O) groups is 3. The molecule has 146 valence electrons. The van der Waals surface area contributed by atoms with Gasteiger partial charge in [-0.3, -0.25) is 14.5 Å². The van der Waals surface area contributed by atoms with Crippen LogP contribution >= 0.6 is 27.7 Å². The molecule has 0 radical (unpaired) electrons. The van der Waals surface area contributed by atoms with Gasteiger partial charge in [0, 0.05) is 10.5 Å². The van der Waals surface area contributed by atoms with Crippen molar-refractivity contribution in [1.29, 1.82) is 0 Å². The van der Waals surface area contributed by atoms with Gasteiger partial charge in [0.1, 0.15) is 0 Å². The Kier molecular flexibility index (Phi) is 7.32. The van der Waals surface area contributed by atoms with Crippen molar-refractivity contribution in [2.75, 3.05) is 20.8 Å². The van der Waals surface area contributed by atoms with Crippen LogP contribution in [0.2, 0.25) is 0 Å². The van der Waals surface area contributed by atoms with Crippen LogP contribution in [0.5, 0.6) is 11.5 Å². The Bertz CT molecular complexity index is 794. The molecule has 1 aromatic carbocycles. The van der Waals surface area contributed by atoms with Crippen molar-refractivity contribution in [3.05, 3.63) is 27.1 Å². The lowest BCUT2D eigenvalue weighted by Gasteiger charge is -2.19. The number of ether oxygens (including phenoxy) is 3. The van der Waals surface area contributed by atoms with E-state index >= 15 is 0 Å². The molecule has 1 atom stereocenters. The summed E-state index contributed by atoms with van der Waals surface area (Å²) in [4.78, 5) is 37.6. The zero-order valence-corrected chi connectivity index (χ0v) is 17.8. The molecule has 1 heterocycles. The highest BCUT2D eigenvalue weighted by Gasteiger charge is 2.37. The lowest BCUT2D eigenvalue weighted by Crippen LogP contribution is -2.36. The van der Waals surface area contributed by atoms with Crippen molar-refractivity contribution in [3.63, 3.8) is 0 Å². The molecule has 0 bridgehead atoms. The predicted octanol–water partition coefficient (Wildman–Crippen LogP) is 3.84. The normalized spacial score (nSPS) is 16.6. The van der Waals surface area contributed by atoms with E-state index in [1.54, 1.807) is 18.2 Å². The van der Waals surface area contributed by atoms with Crippen LogP contribution in [0.25, 0.3) is 6.08 Å². The topological polar surface area (TPSA) is 82.1 Å². The Morgan fingerprint density at radius 2 is 2.00 bits per heavy atom. The van der Waals surface area contributed by atoms with Crippen molar-refractivity contribution >= 4 is 50.9 Å². The number of carbonyl (C=O) groups excluding carboxylic acids is 3. The van der Waals surface area contributed by atoms with E-state index in [4.69, 9.17) is 9.47 Å². The SMILES string of the molecule is CC[C@@H](C)N1C(=O)S/C(=C/c2cc(OC)c(OCC(=O)OC)cc2Br)C1=O. The molecular weight excluding hydrogens is 438 g/mol. The van der Waals surface area contributed by atoms with Gasteiger partial charge in [-0.2, -0.15) is 0 Å². The first kappa shape index (κ1) is 21.3. The van der Waals surface area contributed by atoms with Gasteiger partial charge in [0.05, 0.1) is 19.1 Å². The molecule has 0 unspecified atom stereocenters. The first-order valence-electron chi connectivity index (χ1n) is 8.16. The molecular formula is C18H20BrNO6S. The van der Waals surface area contributed by atoms with Gasteiger partial charge >= 0.3 is 5.97 Å². The Labute approximate surface area is 170 Å². The first-order chi connectivity index (χ1) is 12.8. The smallest absolute Gasteiger partial charge is 0.343 e. The Hall–Kier alpha value is -2.00. The van der Waals surface area contributed by atoms with Gasteiger partial charge in [0.2, 0.25) is 0 Å². The van der Waals surface area contributed by atoms with E-state index in [9.17, 15) is 14.4 Å². The highest BCUT2D eigenvalue weighted by molar-refractivity contribution is 9.10. The average molecular weight is 458 g/mol. The van der Waals surface area contributed by atoms with Crippen LogP contribution in [-0.2, 0) is 14.3 Å². The Morgan fingerprint density at radius 1 is 1.30 bits per heavy atom. The molecule has 1 aliphatic rings. The third kappa shape index (κ3) is 4.84. The third-order valence-electron chi connectivity index (χ3n) is 4.00. The number of halogens is 1. The molecule has 0 spiro atoms. The van der Waals surface area contributed by atoms with Gasteiger partial charge < -0.3 is 14.2 Å². The van der Waals surface area contributed by atoms with Crippen molar-refractivity contribution < 1.29 is 28.6 Å². The first-order valence-corrected chi connectivity index (χ1v) is 9.77. The van der Waals surface area contributed by atoms with Crippen molar-refractivity contribution in [2.24, 2.45) is 0 Å². The third-order valence-corrected chi connectivity index (χ3v) is 5.57. The average Bonchev–Trinajstić information content (AvgIpc) is 2.93. The number of methoxy groups -OCH3 is 2. The summed E-state index contributed by atoms with van der Waals surface area (Å²) in [6, 6.07) is 3.14. The number of benzene rings is 1. The van der Waals surface area contributed by atoms with E-state index in [1.807, 2.05) is 13.8 Å². The van der Waals surface area contributed by atoms with E-state index in [2.05, 4.69) is 20.7 Å². The molecule has 2 amide bonds. The second-order valence-corrected chi connectivity index (χ2v) is 7.55. The van der Waals surface area contributed by atoms with Crippen LogP contribution < -0.4 is 9.47 Å². The van der Waals surface area contributed by atoms with Crippen molar-refractivity contribution in [2.45, 2.75) is 26.3 Å². The van der Waals surface area contributed by atoms with Gasteiger partial charge in [-0.05, 0) is 48.9 Å². The van der Waals surface area contributed by atoms with Crippen molar-refractivity contribution in [3.8, 4) is 11.5 Å². The molecule has 0 N–H and O–H groups in total. The fraction of sp³-hybridized carbons (Fsp3) is 0.389. The molecule has 2 rings (SSSR count). The molecule has 1 fully saturated rings. The van der Waals surface area contributed by atoms with Gasteiger partial charge in [-0.1, -0.05) is 22.9 Å². The van der Waals surface area contributed by atoms with Gasteiger partial charge in [0.15, 0.2) is 18.1 Å². The van der Waals surface area contributed by atoms with E-state index in [0.29, 0.717) is 32.9 Å². The highest BCUT2D eigenvalue weighted by Crippen LogP contribution is 2.38. The molecule has 9 heteroatoms. The summed E-state index contributed by atoms with van der Waals surface area (Å²) in [7, 11) is 2.74. The molecule has 0 aliphatic carbocycles. The summed E-state index contributed by atoms with van der Waals surface area (Å²) in [5, 5.41) is -0.276. The lowest BCUT2D eigenvalue weighted by atomic mass is 10.1. The zero-order valence-electron chi connectivity index (χ0n) is 15.4. The number of thioether (sulfide) groups is 1. The maximum atomic E-state index is 12.6. The minimum absolute atomic E-state index is 0.157. The van der Waals surface area contributed by atoms with E-state index in [0.717, 1.165) is 11.8 Å². The summed E-state index contributed by atoms with van der Waals surface area (Å²) < 4.78 is 15.9. The van der Waals surface area contributed by atoms with Crippen LogP contribution in [0.4, 0.5) is 4.79 Å². The maximum Gasteiger partial charge on any atom is 0.343 e. The largest absolute Gasteiger partial charge is 0.493 e. The summed E-state index contributed by atoms with van der Waals surface area (Å²) in [5.41, 5.74) is 0.645. The summed E-state index contributed by atoms with van der Waals surface area (Å²) in [5.74, 6) is -0.0960. The number of rotatable bonds is 7. The lowest BCUT2D eigenvalue weighted by molar-refractivity contribution is -0.143. The van der Waals surface area contributed by atoms with Gasteiger partial charge in [0.25, 0.3) is 11.1 Å². The van der Waals surface area contributed by atoms with E-state index in [1.165, 1.54) is 19.1 Å². The maximum absolute atomic E-state index is 12.6. The summed E-state index contributed by atoms with van der Waals surface area (Å²) >= 11 is 4.33. The summed E-state index contributed by atoms with van der Waals surface area (Å²) in [6.45, 7) is 3.50. The summed E-state index contributed by atoms with van der Waals surface area (Å²) in [6.07, 6.45) is 2.32. The van der Waals surface area contributed by atoms with Gasteiger partial charge in [-0.15, -0.1) is 0 Å². The second-order valence-electron chi connectivity index (χ2n) is 5.70. The Balaban J connectivity index is 2.31. The highest BCUT2D eigenvalue weighted by atomic mass is 79.9. The molecule has 1 saturated heterocycles. The number of nitrogens with zero attached hydrogens (tertiary/aromatic N) is 1. The quantitative estimate of drug-likeness (QED) is 0.454. The minimum Gasteiger partial charge on any atom is -0.493 e. The monoisotopic (exact) mass is 457 g/mol. The standard InChI is InChI=1S/C18H20BrNO6S/c1-5-10(2)20-17(22)15(27-18(20)23)7-11-6-13(24-3)14(8-12(11)19)26-9-16(21)25-4/h6-8,10H,5,9H2,1-4H3/b15-7+/t10-/m1/s1.